The molecular formula is C13H26O2. The fourth-order valence-electron chi connectivity index (χ4n) is 1.57. The van der Waals surface area contributed by atoms with Crippen LogP contribution >= 0.6 is 0 Å². The molecule has 0 aromatic heterocycles. The monoisotopic (exact) mass is 214 g/mol. The van der Waals surface area contributed by atoms with E-state index in [-0.39, 0.29) is 11.8 Å². The van der Waals surface area contributed by atoms with Gasteiger partial charge in [0.1, 0.15) is 5.78 Å². The molecule has 0 aromatic rings. The molecule has 0 saturated heterocycles. The molecule has 2 heteroatoms. The van der Waals surface area contributed by atoms with Gasteiger partial charge in [-0.25, -0.2) is 0 Å². The zero-order valence-corrected chi connectivity index (χ0v) is 10.9. The first kappa shape index (κ1) is 14.6. The van der Waals surface area contributed by atoms with Gasteiger partial charge in [-0.15, -0.1) is 0 Å². The predicted molar refractivity (Wildman–Crippen MR) is 63.9 cm³/mol. The molecule has 0 rings (SSSR count). The minimum Gasteiger partial charge on any atom is -0.381 e. The van der Waals surface area contributed by atoms with Crippen molar-refractivity contribution in [2.75, 3.05) is 13.2 Å². The minimum absolute atomic E-state index is 0.104. The fraction of sp³-hybridized carbons (Fsp3) is 0.923. The third-order valence-corrected chi connectivity index (χ3v) is 2.59. The van der Waals surface area contributed by atoms with Crippen molar-refractivity contribution in [1.29, 1.82) is 0 Å². The highest BCUT2D eigenvalue weighted by Gasteiger charge is 2.21. The van der Waals surface area contributed by atoms with E-state index < -0.39 is 0 Å². The third-order valence-electron chi connectivity index (χ3n) is 2.59. The lowest BCUT2D eigenvalue weighted by molar-refractivity contribution is -0.128. The number of carbonyl (C=O) groups excluding carboxylic acids is 1. The molecular weight excluding hydrogens is 188 g/mol. The van der Waals surface area contributed by atoms with Gasteiger partial charge >= 0.3 is 0 Å². The van der Waals surface area contributed by atoms with Crippen molar-refractivity contribution >= 4 is 5.78 Å². The molecule has 0 heterocycles. The second-order valence-corrected chi connectivity index (χ2v) is 4.88. The second kappa shape index (κ2) is 7.86. The molecule has 0 saturated carbocycles. The topological polar surface area (TPSA) is 26.3 Å². The molecule has 0 spiro atoms. The average molecular weight is 214 g/mol. The Labute approximate surface area is 94.4 Å². The normalized spacial score (nSPS) is 13.5. The van der Waals surface area contributed by atoms with Gasteiger partial charge in [-0.2, -0.15) is 0 Å². The Hall–Kier alpha value is -0.370. The van der Waals surface area contributed by atoms with E-state index in [2.05, 4.69) is 13.8 Å². The Kier molecular flexibility index (Phi) is 7.67. The van der Waals surface area contributed by atoms with Crippen LogP contribution in [0.3, 0.4) is 0 Å². The van der Waals surface area contributed by atoms with E-state index in [4.69, 9.17) is 4.74 Å². The van der Waals surface area contributed by atoms with Gasteiger partial charge < -0.3 is 4.74 Å². The van der Waals surface area contributed by atoms with Gasteiger partial charge in [0.05, 0.1) is 6.61 Å². The van der Waals surface area contributed by atoms with E-state index in [1.165, 1.54) is 0 Å². The van der Waals surface area contributed by atoms with Crippen LogP contribution in [0, 0.1) is 17.8 Å². The SMILES string of the molecule is CCOCC(CCC(C)C)C(=O)C(C)C. The molecule has 0 aliphatic rings. The molecule has 0 aliphatic carbocycles. The van der Waals surface area contributed by atoms with E-state index >= 15 is 0 Å². The average Bonchev–Trinajstić information content (AvgIpc) is 2.16. The molecule has 15 heavy (non-hydrogen) atoms. The summed E-state index contributed by atoms with van der Waals surface area (Å²) in [5, 5.41) is 0. The molecule has 0 fully saturated rings. The summed E-state index contributed by atoms with van der Waals surface area (Å²) in [5.74, 6) is 1.24. The third kappa shape index (κ3) is 6.67. The Balaban J connectivity index is 4.11. The largest absolute Gasteiger partial charge is 0.381 e. The first-order valence-electron chi connectivity index (χ1n) is 6.10. The van der Waals surface area contributed by atoms with Crippen LogP contribution in [0.25, 0.3) is 0 Å². The summed E-state index contributed by atoms with van der Waals surface area (Å²) in [5.41, 5.74) is 0. The summed E-state index contributed by atoms with van der Waals surface area (Å²) in [6.07, 6.45) is 2.07. The van der Waals surface area contributed by atoms with Crippen LogP contribution in [0.5, 0.6) is 0 Å². The van der Waals surface area contributed by atoms with E-state index in [1.54, 1.807) is 0 Å². The standard InChI is InChI=1S/C13H26O2/c1-6-15-9-12(8-7-10(2)3)13(14)11(4)5/h10-12H,6-9H2,1-5H3. The first-order chi connectivity index (χ1) is 6.99. The zero-order valence-electron chi connectivity index (χ0n) is 10.9. The van der Waals surface area contributed by atoms with Crippen molar-refractivity contribution < 1.29 is 9.53 Å². The van der Waals surface area contributed by atoms with Crippen molar-refractivity contribution in [3.63, 3.8) is 0 Å². The van der Waals surface area contributed by atoms with Gasteiger partial charge in [0.2, 0.25) is 0 Å². The summed E-state index contributed by atoms with van der Waals surface area (Å²) in [4.78, 5) is 11.9. The number of ether oxygens (including phenoxy) is 1. The smallest absolute Gasteiger partial charge is 0.140 e. The molecule has 0 aromatic carbocycles. The lowest BCUT2D eigenvalue weighted by atomic mass is 9.90. The molecule has 0 amide bonds. The Bertz CT molecular complexity index is 173. The summed E-state index contributed by atoms with van der Waals surface area (Å²) >= 11 is 0. The summed E-state index contributed by atoms with van der Waals surface area (Å²) in [7, 11) is 0. The summed E-state index contributed by atoms with van der Waals surface area (Å²) in [6, 6.07) is 0. The van der Waals surface area contributed by atoms with Crippen molar-refractivity contribution in [1.82, 2.24) is 0 Å². The Morgan fingerprint density at radius 1 is 1.13 bits per heavy atom. The van der Waals surface area contributed by atoms with Gasteiger partial charge in [0, 0.05) is 18.4 Å². The maximum atomic E-state index is 11.9. The van der Waals surface area contributed by atoms with Crippen molar-refractivity contribution in [2.45, 2.75) is 47.5 Å². The molecule has 0 aliphatic heterocycles. The highest BCUT2D eigenvalue weighted by Crippen LogP contribution is 2.17. The molecule has 1 unspecified atom stereocenters. The molecule has 2 nitrogen and oxygen atoms in total. The molecule has 0 radical (unpaired) electrons. The molecule has 0 bridgehead atoms. The minimum atomic E-state index is 0.104. The van der Waals surface area contributed by atoms with E-state index in [9.17, 15) is 4.79 Å². The highest BCUT2D eigenvalue weighted by atomic mass is 16.5. The van der Waals surface area contributed by atoms with Crippen LogP contribution in [0.15, 0.2) is 0 Å². The van der Waals surface area contributed by atoms with Crippen LogP contribution in [-0.4, -0.2) is 19.0 Å². The summed E-state index contributed by atoms with van der Waals surface area (Å²) in [6.45, 7) is 11.6. The summed E-state index contributed by atoms with van der Waals surface area (Å²) < 4.78 is 5.38. The zero-order chi connectivity index (χ0) is 11.8. The number of carbonyl (C=O) groups is 1. The molecule has 0 N–H and O–H groups in total. The van der Waals surface area contributed by atoms with E-state index in [0.29, 0.717) is 24.9 Å². The van der Waals surface area contributed by atoms with E-state index in [0.717, 1.165) is 12.8 Å². The maximum Gasteiger partial charge on any atom is 0.140 e. The van der Waals surface area contributed by atoms with E-state index in [1.807, 2.05) is 20.8 Å². The van der Waals surface area contributed by atoms with Crippen LogP contribution in [0.4, 0.5) is 0 Å². The second-order valence-electron chi connectivity index (χ2n) is 4.88. The lowest BCUT2D eigenvalue weighted by Crippen LogP contribution is -2.25. The van der Waals surface area contributed by atoms with Gasteiger partial charge in [-0.1, -0.05) is 34.1 Å². The first-order valence-corrected chi connectivity index (χ1v) is 6.10. The number of hydrogen-bond donors (Lipinski definition) is 0. The van der Waals surface area contributed by atoms with Crippen molar-refractivity contribution in [3.8, 4) is 0 Å². The highest BCUT2D eigenvalue weighted by molar-refractivity contribution is 5.82. The number of hydrogen-bond acceptors (Lipinski definition) is 2. The number of Topliss-reactive ketones (excluding diaryl/α,β-unsaturated/α-hetero) is 1. The van der Waals surface area contributed by atoms with Crippen LogP contribution in [0.1, 0.15) is 47.5 Å². The maximum absolute atomic E-state index is 11.9. The van der Waals surface area contributed by atoms with Gasteiger partial charge in [-0.3, -0.25) is 4.79 Å². The van der Waals surface area contributed by atoms with Gasteiger partial charge in [-0.05, 0) is 19.3 Å². The van der Waals surface area contributed by atoms with Crippen LogP contribution in [-0.2, 0) is 9.53 Å². The Morgan fingerprint density at radius 3 is 2.13 bits per heavy atom. The van der Waals surface area contributed by atoms with Crippen LogP contribution < -0.4 is 0 Å². The molecule has 90 valence electrons. The van der Waals surface area contributed by atoms with Crippen molar-refractivity contribution in [2.24, 2.45) is 17.8 Å². The Morgan fingerprint density at radius 2 is 1.73 bits per heavy atom. The number of rotatable bonds is 8. The van der Waals surface area contributed by atoms with Crippen molar-refractivity contribution in [3.05, 3.63) is 0 Å². The molecule has 1 atom stereocenters. The van der Waals surface area contributed by atoms with Gasteiger partial charge in [0.25, 0.3) is 0 Å². The lowest BCUT2D eigenvalue weighted by Gasteiger charge is -2.18. The quantitative estimate of drug-likeness (QED) is 0.619. The number of ketones is 1. The van der Waals surface area contributed by atoms with Gasteiger partial charge in [0.15, 0.2) is 0 Å². The predicted octanol–water partition coefficient (Wildman–Crippen LogP) is 3.30. The fourth-order valence-corrected chi connectivity index (χ4v) is 1.57. The van der Waals surface area contributed by atoms with Crippen LogP contribution in [0.2, 0.25) is 0 Å².